The van der Waals surface area contributed by atoms with Gasteiger partial charge in [-0.2, -0.15) is 0 Å². The van der Waals surface area contributed by atoms with E-state index in [1.165, 1.54) is 17.3 Å². The number of hydrogen-bond donors (Lipinski definition) is 2. The average molecular weight is 371 g/mol. The fourth-order valence-electron chi connectivity index (χ4n) is 2.49. The van der Waals surface area contributed by atoms with Gasteiger partial charge in [0.25, 0.3) is 0 Å². The third kappa shape index (κ3) is 7.74. The molecular weight excluding hydrogens is 344 g/mol. The summed E-state index contributed by atoms with van der Waals surface area (Å²) < 4.78 is 0. The molecule has 2 rings (SSSR count). The van der Waals surface area contributed by atoms with Crippen LogP contribution in [0.25, 0.3) is 0 Å². The third-order valence-electron chi connectivity index (χ3n) is 3.92. The second-order valence-corrected chi connectivity index (χ2v) is 7.39. The molecule has 0 fully saturated rings. The molecule has 2 N–H and O–H groups in total. The largest absolute Gasteiger partial charge is 0.353 e. The van der Waals surface area contributed by atoms with E-state index in [-0.39, 0.29) is 29.4 Å². The zero-order valence-electron chi connectivity index (χ0n) is 15.3. The Morgan fingerprint density at radius 1 is 0.962 bits per heavy atom. The zero-order valence-corrected chi connectivity index (χ0v) is 16.1. The minimum absolute atomic E-state index is 0.0290. The van der Waals surface area contributed by atoms with E-state index >= 15 is 0 Å². The number of hydrogen-bond acceptors (Lipinski definition) is 3. The summed E-state index contributed by atoms with van der Waals surface area (Å²) >= 11 is 1.32. The second kappa shape index (κ2) is 10.7. The first kappa shape index (κ1) is 20.0. The van der Waals surface area contributed by atoms with Crippen molar-refractivity contribution in [2.75, 3.05) is 16.8 Å². The van der Waals surface area contributed by atoms with Crippen LogP contribution in [0.15, 0.2) is 54.6 Å². The molecule has 138 valence electrons. The maximum Gasteiger partial charge on any atom is 0.234 e. The molecule has 1 atom stereocenters. The molecule has 0 aliphatic rings. The van der Waals surface area contributed by atoms with E-state index in [1.54, 1.807) is 0 Å². The third-order valence-corrected chi connectivity index (χ3v) is 4.85. The van der Waals surface area contributed by atoms with Gasteiger partial charge in [-0.25, -0.2) is 0 Å². The Bertz CT molecular complexity index is 702. The molecule has 1 unspecified atom stereocenters. The summed E-state index contributed by atoms with van der Waals surface area (Å²) in [4.78, 5) is 23.9. The highest BCUT2D eigenvalue weighted by Gasteiger charge is 2.09. The lowest BCUT2D eigenvalue weighted by molar-refractivity contribution is -0.119. The highest BCUT2D eigenvalue weighted by atomic mass is 32.2. The minimum Gasteiger partial charge on any atom is -0.353 e. The minimum atomic E-state index is -0.0937. The van der Waals surface area contributed by atoms with Crippen molar-refractivity contribution in [2.45, 2.75) is 32.7 Å². The summed E-state index contributed by atoms with van der Waals surface area (Å²) in [7, 11) is 0. The van der Waals surface area contributed by atoms with E-state index in [1.807, 2.05) is 56.3 Å². The Labute approximate surface area is 159 Å². The first-order valence-corrected chi connectivity index (χ1v) is 9.96. The first-order chi connectivity index (χ1) is 12.5. The molecule has 0 bridgehead atoms. The Morgan fingerprint density at radius 2 is 1.62 bits per heavy atom. The molecule has 5 heteroatoms. The van der Waals surface area contributed by atoms with E-state index in [0.717, 1.165) is 24.1 Å². The number of amides is 2. The quantitative estimate of drug-likeness (QED) is 0.706. The van der Waals surface area contributed by atoms with Crippen LogP contribution in [0.4, 0.5) is 5.69 Å². The highest BCUT2D eigenvalue weighted by molar-refractivity contribution is 8.00. The highest BCUT2D eigenvalue weighted by Crippen LogP contribution is 2.10. The van der Waals surface area contributed by atoms with Gasteiger partial charge in [0.2, 0.25) is 11.8 Å². The lowest BCUT2D eigenvalue weighted by Crippen LogP contribution is -2.34. The first-order valence-electron chi connectivity index (χ1n) is 8.80. The van der Waals surface area contributed by atoms with Gasteiger partial charge in [0.1, 0.15) is 0 Å². The lowest BCUT2D eigenvalue weighted by Gasteiger charge is -2.13. The van der Waals surface area contributed by atoms with Gasteiger partial charge < -0.3 is 10.6 Å². The standard InChI is InChI=1S/C21H26N2O2S/c1-16-8-12-19(13-9-16)23-21(25)15-26-14-20(24)22-17(2)10-11-18-6-4-3-5-7-18/h3-9,12-13,17H,10-11,14-15H2,1-2H3,(H,22,24)(H,23,25). The van der Waals surface area contributed by atoms with Gasteiger partial charge in [0.15, 0.2) is 0 Å². The molecule has 0 saturated heterocycles. The number of rotatable bonds is 9. The second-order valence-electron chi connectivity index (χ2n) is 6.40. The molecule has 0 radical (unpaired) electrons. The predicted octanol–water partition coefficient (Wildman–Crippen LogP) is 3.80. The predicted molar refractivity (Wildman–Crippen MR) is 110 cm³/mol. The summed E-state index contributed by atoms with van der Waals surface area (Å²) in [5.74, 6) is 0.430. The van der Waals surface area contributed by atoms with Crippen molar-refractivity contribution in [1.29, 1.82) is 0 Å². The molecule has 2 aromatic rings. The average Bonchev–Trinajstić information content (AvgIpc) is 2.63. The van der Waals surface area contributed by atoms with Crippen molar-refractivity contribution < 1.29 is 9.59 Å². The van der Waals surface area contributed by atoms with Crippen LogP contribution in [-0.2, 0) is 16.0 Å². The van der Waals surface area contributed by atoms with Crippen LogP contribution in [0, 0.1) is 6.92 Å². The monoisotopic (exact) mass is 370 g/mol. The van der Waals surface area contributed by atoms with Crippen molar-refractivity contribution in [1.82, 2.24) is 5.32 Å². The Morgan fingerprint density at radius 3 is 2.31 bits per heavy atom. The van der Waals surface area contributed by atoms with Gasteiger partial charge in [-0.3, -0.25) is 9.59 Å². The topological polar surface area (TPSA) is 58.2 Å². The number of anilines is 1. The molecule has 0 saturated carbocycles. The number of carbonyl (C=O) groups excluding carboxylic acids is 2. The van der Waals surface area contributed by atoms with Gasteiger partial charge in [-0.05, 0) is 44.4 Å². The number of benzene rings is 2. The number of thioether (sulfide) groups is 1. The maximum absolute atomic E-state index is 12.0. The van der Waals surface area contributed by atoms with E-state index in [0.29, 0.717) is 0 Å². The van der Waals surface area contributed by atoms with Crippen LogP contribution < -0.4 is 10.6 Å². The molecule has 2 aromatic carbocycles. The molecule has 0 aliphatic heterocycles. The van der Waals surface area contributed by atoms with Crippen LogP contribution in [0.1, 0.15) is 24.5 Å². The number of nitrogens with one attached hydrogen (secondary N) is 2. The van der Waals surface area contributed by atoms with E-state index < -0.39 is 0 Å². The summed E-state index contributed by atoms with van der Waals surface area (Å²) in [5, 5.41) is 5.82. The summed E-state index contributed by atoms with van der Waals surface area (Å²) in [5.41, 5.74) is 3.20. The van der Waals surface area contributed by atoms with Gasteiger partial charge in [-0.1, -0.05) is 48.0 Å². The molecule has 2 amide bonds. The van der Waals surface area contributed by atoms with Crippen molar-refractivity contribution in [2.24, 2.45) is 0 Å². The summed E-state index contributed by atoms with van der Waals surface area (Å²) in [6, 6.07) is 18.0. The van der Waals surface area contributed by atoms with Gasteiger partial charge in [0, 0.05) is 11.7 Å². The summed E-state index contributed by atoms with van der Waals surface area (Å²) in [6.07, 6.45) is 1.84. The zero-order chi connectivity index (χ0) is 18.8. The van der Waals surface area contributed by atoms with Crippen LogP contribution in [0.2, 0.25) is 0 Å². The van der Waals surface area contributed by atoms with Gasteiger partial charge in [-0.15, -0.1) is 11.8 Å². The molecule has 0 aromatic heterocycles. The molecule has 26 heavy (non-hydrogen) atoms. The van der Waals surface area contributed by atoms with Crippen molar-refractivity contribution in [3.8, 4) is 0 Å². The number of carbonyl (C=O) groups is 2. The lowest BCUT2D eigenvalue weighted by atomic mass is 10.1. The Kier molecular flexibility index (Phi) is 8.22. The van der Waals surface area contributed by atoms with Crippen molar-refractivity contribution in [3.05, 3.63) is 65.7 Å². The molecule has 4 nitrogen and oxygen atoms in total. The van der Waals surface area contributed by atoms with Crippen LogP contribution >= 0.6 is 11.8 Å². The Balaban J connectivity index is 1.60. The molecule has 0 spiro atoms. The molecule has 0 aliphatic carbocycles. The smallest absolute Gasteiger partial charge is 0.234 e. The summed E-state index contributed by atoms with van der Waals surface area (Å²) in [6.45, 7) is 4.01. The SMILES string of the molecule is Cc1ccc(NC(=O)CSCC(=O)NC(C)CCc2ccccc2)cc1. The Hall–Kier alpha value is -2.27. The normalized spacial score (nSPS) is 11.6. The van der Waals surface area contributed by atoms with Gasteiger partial charge in [0.05, 0.1) is 11.5 Å². The van der Waals surface area contributed by atoms with Gasteiger partial charge >= 0.3 is 0 Å². The van der Waals surface area contributed by atoms with E-state index in [9.17, 15) is 9.59 Å². The van der Waals surface area contributed by atoms with Crippen LogP contribution in [0.5, 0.6) is 0 Å². The van der Waals surface area contributed by atoms with Crippen molar-refractivity contribution >= 4 is 29.3 Å². The van der Waals surface area contributed by atoms with E-state index in [2.05, 4.69) is 22.8 Å². The fraction of sp³-hybridized carbons (Fsp3) is 0.333. The number of aryl methyl sites for hydroxylation is 2. The molecule has 0 heterocycles. The maximum atomic E-state index is 12.0. The fourth-order valence-corrected chi connectivity index (χ4v) is 3.12. The van der Waals surface area contributed by atoms with Crippen LogP contribution in [0.3, 0.4) is 0 Å². The van der Waals surface area contributed by atoms with Crippen molar-refractivity contribution in [3.63, 3.8) is 0 Å². The molecular formula is C21H26N2O2S. The van der Waals surface area contributed by atoms with E-state index in [4.69, 9.17) is 0 Å². The van der Waals surface area contributed by atoms with Crippen LogP contribution in [-0.4, -0.2) is 29.4 Å².